The topological polar surface area (TPSA) is 38.1 Å². The van der Waals surface area contributed by atoms with Crippen LogP contribution in [0.5, 0.6) is 0 Å². The number of aromatic nitrogens is 1. The third-order valence-corrected chi connectivity index (χ3v) is 3.51. The zero-order chi connectivity index (χ0) is 14.9. The molecule has 0 aliphatic heterocycles. The third-order valence-electron chi connectivity index (χ3n) is 3.51. The number of nitrogens with one attached hydrogen (secondary N) is 1. The summed E-state index contributed by atoms with van der Waals surface area (Å²) in [7, 11) is 0. The summed E-state index contributed by atoms with van der Waals surface area (Å²) in [5, 5.41) is 7.02. The minimum atomic E-state index is -0.400. The van der Waals surface area contributed by atoms with Gasteiger partial charge in [0.05, 0.1) is 5.69 Å². The van der Waals surface area contributed by atoms with Crippen molar-refractivity contribution in [2.45, 2.75) is 40.3 Å². The number of aryl methyl sites for hydroxylation is 3. The molecule has 1 aromatic heterocycles. The molecular formula is C15H18F2N2O. The summed E-state index contributed by atoms with van der Waals surface area (Å²) in [4.78, 5) is 0. The number of hydrogen-bond acceptors (Lipinski definition) is 3. The Bertz CT molecular complexity index is 603. The van der Waals surface area contributed by atoms with Crippen LogP contribution in [0.3, 0.4) is 0 Å². The van der Waals surface area contributed by atoms with Crippen LogP contribution in [0, 0.1) is 32.4 Å². The quantitative estimate of drug-likeness (QED) is 0.927. The second-order valence-corrected chi connectivity index (χ2v) is 5.03. The zero-order valence-corrected chi connectivity index (χ0v) is 12.1. The van der Waals surface area contributed by atoms with E-state index in [1.807, 2.05) is 13.8 Å². The van der Waals surface area contributed by atoms with Crippen LogP contribution in [0.2, 0.25) is 0 Å². The van der Waals surface area contributed by atoms with Crippen LogP contribution < -0.4 is 5.32 Å². The van der Waals surface area contributed by atoms with Gasteiger partial charge in [-0.05, 0) is 45.4 Å². The molecule has 1 atom stereocenters. The van der Waals surface area contributed by atoms with Crippen molar-refractivity contribution in [2.24, 2.45) is 0 Å². The lowest BCUT2D eigenvalue weighted by atomic mass is 10.0. The van der Waals surface area contributed by atoms with Crippen LogP contribution in [-0.2, 0) is 6.54 Å². The second-order valence-electron chi connectivity index (χ2n) is 5.03. The Morgan fingerprint density at radius 2 is 1.90 bits per heavy atom. The van der Waals surface area contributed by atoms with Crippen LogP contribution in [0.15, 0.2) is 16.7 Å². The summed E-state index contributed by atoms with van der Waals surface area (Å²) in [6, 6.07) is 2.16. The Morgan fingerprint density at radius 3 is 2.50 bits per heavy atom. The smallest absolute Gasteiger partial charge is 0.138 e. The SMILES string of the molecule is Cc1cc(F)c(C(C)NCc2c(C)noc2C)cc1F. The van der Waals surface area contributed by atoms with E-state index in [-0.39, 0.29) is 6.04 Å². The molecule has 108 valence electrons. The fraction of sp³-hybridized carbons (Fsp3) is 0.400. The van der Waals surface area contributed by atoms with Crippen LogP contribution in [0.1, 0.15) is 41.1 Å². The molecule has 0 radical (unpaired) electrons. The molecule has 1 aromatic carbocycles. The largest absolute Gasteiger partial charge is 0.361 e. The van der Waals surface area contributed by atoms with Gasteiger partial charge in [0.15, 0.2) is 0 Å². The van der Waals surface area contributed by atoms with Gasteiger partial charge in [-0.15, -0.1) is 0 Å². The van der Waals surface area contributed by atoms with Crippen LogP contribution in [-0.4, -0.2) is 5.16 Å². The number of nitrogens with zero attached hydrogens (tertiary/aromatic N) is 1. The molecule has 2 rings (SSSR count). The van der Waals surface area contributed by atoms with E-state index >= 15 is 0 Å². The Hall–Kier alpha value is -1.75. The molecule has 0 saturated heterocycles. The highest BCUT2D eigenvalue weighted by molar-refractivity contribution is 5.28. The molecule has 1 unspecified atom stereocenters. The van der Waals surface area contributed by atoms with Gasteiger partial charge >= 0.3 is 0 Å². The second kappa shape index (κ2) is 5.71. The number of rotatable bonds is 4. The summed E-state index contributed by atoms with van der Waals surface area (Å²) in [6.07, 6.45) is 0. The standard InChI is InChI=1S/C15H18F2N2O/c1-8-5-15(17)12(6-14(8)16)9(2)18-7-13-10(3)19-20-11(13)4/h5-6,9,18H,7H2,1-4H3. The lowest BCUT2D eigenvalue weighted by Gasteiger charge is -2.15. The van der Waals surface area contributed by atoms with Gasteiger partial charge in [0.1, 0.15) is 17.4 Å². The lowest BCUT2D eigenvalue weighted by molar-refractivity contribution is 0.391. The summed E-state index contributed by atoms with van der Waals surface area (Å²) in [5.41, 5.74) is 2.38. The Morgan fingerprint density at radius 1 is 1.20 bits per heavy atom. The molecule has 0 fully saturated rings. The van der Waals surface area contributed by atoms with Gasteiger partial charge < -0.3 is 9.84 Å². The Labute approximate surface area is 117 Å². The van der Waals surface area contributed by atoms with Crippen molar-refractivity contribution >= 4 is 0 Å². The maximum absolute atomic E-state index is 13.9. The number of benzene rings is 1. The average molecular weight is 280 g/mol. The summed E-state index contributed by atoms with van der Waals surface area (Å²) in [6.45, 7) is 7.52. The van der Waals surface area contributed by atoms with Crippen molar-refractivity contribution in [1.29, 1.82) is 0 Å². The van der Waals surface area contributed by atoms with E-state index in [2.05, 4.69) is 10.5 Å². The normalized spacial score (nSPS) is 12.7. The van der Waals surface area contributed by atoms with Gasteiger partial charge in [-0.25, -0.2) is 8.78 Å². The fourth-order valence-corrected chi connectivity index (χ4v) is 2.11. The van der Waals surface area contributed by atoms with Gasteiger partial charge in [0.25, 0.3) is 0 Å². The van der Waals surface area contributed by atoms with Crippen molar-refractivity contribution in [2.75, 3.05) is 0 Å². The van der Waals surface area contributed by atoms with E-state index in [1.165, 1.54) is 12.1 Å². The summed E-state index contributed by atoms with van der Waals surface area (Å²) in [5.74, 6) is -0.0622. The van der Waals surface area contributed by atoms with E-state index in [4.69, 9.17) is 4.52 Å². The molecule has 0 amide bonds. The van der Waals surface area contributed by atoms with Gasteiger partial charge in [-0.3, -0.25) is 0 Å². The van der Waals surface area contributed by atoms with Crippen LogP contribution in [0.25, 0.3) is 0 Å². The fourth-order valence-electron chi connectivity index (χ4n) is 2.11. The lowest BCUT2D eigenvalue weighted by Crippen LogP contribution is -2.20. The maximum atomic E-state index is 13.9. The minimum absolute atomic E-state index is 0.307. The molecule has 1 N–H and O–H groups in total. The monoisotopic (exact) mass is 280 g/mol. The third kappa shape index (κ3) is 2.88. The highest BCUT2D eigenvalue weighted by Gasteiger charge is 2.15. The van der Waals surface area contributed by atoms with Crippen LogP contribution >= 0.6 is 0 Å². The molecule has 1 heterocycles. The Balaban J connectivity index is 2.13. The predicted octanol–water partition coefficient (Wildman–Crippen LogP) is 3.73. The number of halogens is 2. The molecule has 0 bridgehead atoms. The molecule has 0 aliphatic carbocycles. The maximum Gasteiger partial charge on any atom is 0.138 e. The molecule has 2 aromatic rings. The first-order valence-corrected chi connectivity index (χ1v) is 6.50. The molecule has 0 spiro atoms. The van der Waals surface area contributed by atoms with E-state index in [1.54, 1.807) is 13.8 Å². The molecule has 3 nitrogen and oxygen atoms in total. The first-order valence-electron chi connectivity index (χ1n) is 6.50. The van der Waals surface area contributed by atoms with Gasteiger partial charge in [0.2, 0.25) is 0 Å². The Kier molecular flexibility index (Phi) is 4.18. The van der Waals surface area contributed by atoms with Crippen molar-refractivity contribution < 1.29 is 13.3 Å². The van der Waals surface area contributed by atoms with Crippen LogP contribution in [0.4, 0.5) is 8.78 Å². The molecular weight excluding hydrogens is 262 g/mol. The predicted molar refractivity (Wildman–Crippen MR) is 72.3 cm³/mol. The van der Waals surface area contributed by atoms with E-state index in [0.717, 1.165) is 17.0 Å². The van der Waals surface area contributed by atoms with E-state index in [0.29, 0.717) is 17.7 Å². The van der Waals surface area contributed by atoms with E-state index in [9.17, 15) is 8.78 Å². The summed E-state index contributed by atoms with van der Waals surface area (Å²) < 4.78 is 32.5. The average Bonchev–Trinajstić information content (AvgIpc) is 2.71. The molecule has 20 heavy (non-hydrogen) atoms. The number of hydrogen-bond donors (Lipinski definition) is 1. The zero-order valence-electron chi connectivity index (χ0n) is 12.1. The summed E-state index contributed by atoms with van der Waals surface area (Å²) >= 11 is 0. The first-order chi connectivity index (χ1) is 9.40. The van der Waals surface area contributed by atoms with Gasteiger partial charge in [-0.1, -0.05) is 5.16 Å². The molecule has 0 aliphatic rings. The van der Waals surface area contributed by atoms with Crippen molar-refractivity contribution in [1.82, 2.24) is 10.5 Å². The minimum Gasteiger partial charge on any atom is -0.361 e. The van der Waals surface area contributed by atoms with Crippen molar-refractivity contribution in [3.8, 4) is 0 Å². The highest BCUT2D eigenvalue weighted by Crippen LogP contribution is 2.21. The van der Waals surface area contributed by atoms with Gasteiger partial charge in [0, 0.05) is 23.7 Å². The van der Waals surface area contributed by atoms with Crippen molar-refractivity contribution in [3.63, 3.8) is 0 Å². The highest BCUT2D eigenvalue weighted by atomic mass is 19.1. The van der Waals surface area contributed by atoms with Crippen molar-refractivity contribution in [3.05, 3.63) is 51.9 Å². The molecule has 0 saturated carbocycles. The van der Waals surface area contributed by atoms with Gasteiger partial charge in [-0.2, -0.15) is 0 Å². The van der Waals surface area contributed by atoms with E-state index < -0.39 is 11.6 Å². The first kappa shape index (κ1) is 14.7. The molecule has 5 heteroatoms.